The van der Waals surface area contributed by atoms with Crippen LogP contribution in [0.2, 0.25) is 0 Å². The number of benzene rings is 7. The molecule has 0 saturated carbocycles. The zero-order chi connectivity index (χ0) is 37.5. The monoisotopic (exact) mass is 749 g/mol. The molecule has 0 aliphatic heterocycles. The maximum absolute atomic E-state index is 6.77. The van der Waals surface area contributed by atoms with Crippen LogP contribution >= 0.6 is 11.3 Å². The quantitative estimate of drug-likeness (QED) is 0.173. The molecular weight excluding hydrogens is 723 g/mol. The number of fused-ring (bicyclic) bond motifs is 9. The number of rotatable bonds is 5. The fraction of sp³-hybridized carbons (Fsp3) is 0. The van der Waals surface area contributed by atoms with Crippen molar-refractivity contribution in [2.45, 2.75) is 0 Å². The number of thiophene rings is 1. The van der Waals surface area contributed by atoms with E-state index in [0.29, 0.717) is 40.0 Å². The summed E-state index contributed by atoms with van der Waals surface area (Å²) >= 11 is 1.76. The van der Waals surface area contributed by atoms with Crippen molar-refractivity contribution in [3.05, 3.63) is 164 Å². The van der Waals surface area contributed by atoms with Gasteiger partial charge in [0.05, 0.1) is 5.56 Å². The summed E-state index contributed by atoms with van der Waals surface area (Å²) in [5.41, 5.74) is 8.77. The second-order valence-electron chi connectivity index (χ2n) is 14.0. The van der Waals surface area contributed by atoms with Crippen LogP contribution in [0, 0.1) is 0 Å². The Balaban J connectivity index is 1.04. The van der Waals surface area contributed by atoms with Crippen molar-refractivity contribution in [2.75, 3.05) is 0 Å². The van der Waals surface area contributed by atoms with Gasteiger partial charge < -0.3 is 8.83 Å². The summed E-state index contributed by atoms with van der Waals surface area (Å²) in [5, 5.41) is 5.29. The highest BCUT2D eigenvalue weighted by molar-refractivity contribution is 7.26. The van der Waals surface area contributed by atoms with Crippen molar-refractivity contribution in [1.82, 2.24) is 24.9 Å². The van der Waals surface area contributed by atoms with E-state index >= 15 is 0 Å². The van der Waals surface area contributed by atoms with Gasteiger partial charge in [0.15, 0.2) is 28.9 Å². The van der Waals surface area contributed by atoms with Crippen molar-refractivity contribution < 1.29 is 8.83 Å². The molecule has 8 heteroatoms. The maximum atomic E-state index is 6.77. The first-order valence-electron chi connectivity index (χ1n) is 18.7. The van der Waals surface area contributed by atoms with Crippen molar-refractivity contribution >= 4 is 75.5 Å². The lowest BCUT2D eigenvalue weighted by Gasteiger charge is -2.09. The summed E-state index contributed by atoms with van der Waals surface area (Å²) in [6.45, 7) is 0. The standard InChI is InChI=1S/C49H27N5O2S/c1-3-13-28(14-4-1)41-44-42(35-18-7-9-23-38(35)55-44)51-48(50-41)36-21-11-19-33-31-26-25-30(27-39(31)56-43(33)36)47-52-46(29-15-5-2-6-16-29)53-49(54-47)37-22-12-20-34-32-17-8-10-24-40(32)57-45(34)37/h1-27H. The molecular formula is C49H27N5O2S. The molecule has 7 nitrogen and oxygen atoms in total. The number of hydrogen-bond acceptors (Lipinski definition) is 8. The van der Waals surface area contributed by atoms with Crippen LogP contribution in [0.4, 0.5) is 0 Å². The second kappa shape index (κ2) is 12.5. The third kappa shape index (κ3) is 5.08. The van der Waals surface area contributed by atoms with Gasteiger partial charge in [0, 0.05) is 58.6 Å². The topological polar surface area (TPSA) is 90.7 Å². The van der Waals surface area contributed by atoms with Crippen LogP contribution in [0.15, 0.2) is 173 Å². The molecule has 7 aromatic carbocycles. The van der Waals surface area contributed by atoms with Crippen molar-refractivity contribution in [3.63, 3.8) is 0 Å². The van der Waals surface area contributed by atoms with E-state index in [1.807, 2.05) is 103 Å². The molecule has 0 unspecified atom stereocenters. The minimum Gasteiger partial charge on any atom is -0.455 e. The lowest BCUT2D eigenvalue weighted by atomic mass is 10.1. The van der Waals surface area contributed by atoms with Crippen LogP contribution in [0.5, 0.6) is 0 Å². The largest absolute Gasteiger partial charge is 0.455 e. The van der Waals surface area contributed by atoms with Crippen molar-refractivity contribution in [3.8, 4) is 56.8 Å². The zero-order valence-corrected chi connectivity index (χ0v) is 30.9. The Morgan fingerprint density at radius 2 is 1.00 bits per heavy atom. The normalized spacial score (nSPS) is 11.9. The number of aromatic nitrogens is 5. The van der Waals surface area contributed by atoms with Gasteiger partial charge in [-0.05, 0) is 42.5 Å². The molecule has 0 aliphatic rings. The summed E-state index contributed by atoms with van der Waals surface area (Å²) in [7, 11) is 0. The number of para-hydroxylation sites is 2. The van der Waals surface area contributed by atoms with E-state index in [2.05, 4.69) is 60.7 Å². The predicted molar refractivity (Wildman–Crippen MR) is 230 cm³/mol. The SMILES string of the molecule is c1ccc(-c2nc(-c3ccc4c(c3)oc3c(-c5nc(-c6ccccc6)c6oc7ccccc7c6n5)cccc34)nc(-c3cccc4c3sc3ccccc34)n2)cc1. The molecule has 57 heavy (non-hydrogen) atoms. The Kier molecular flexibility index (Phi) is 6.96. The molecule has 0 bridgehead atoms. The minimum atomic E-state index is 0.558. The third-order valence-electron chi connectivity index (χ3n) is 10.6. The average Bonchev–Trinajstić information content (AvgIpc) is 3.97. The van der Waals surface area contributed by atoms with E-state index in [9.17, 15) is 0 Å². The Labute approximate surface area is 328 Å². The van der Waals surface area contributed by atoms with Gasteiger partial charge >= 0.3 is 0 Å². The van der Waals surface area contributed by atoms with Crippen LogP contribution in [-0.2, 0) is 0 Å². The molecule has 0 N–H and O–H groups in total. The predicted octanol–water partition coefficient (Wildman–Crippen LogP) is 13.2. The van der Waals surface area contributed by atoms with Gasteiger partial charge in [-0.2, -0.15) is 0 Å². The number of nitrogens with zero attached hydrogens (tertiary/aromatic N) is 5. The van der Waals surface area contributed by atoms with Crippen LogP contribution in [0.3, 0.4) is 0 Å². The fourth-order valence-corrected chi connectivity index (χ4v) is 9.09. The Bertz CT molecular complexity index is 3540. The Morgan fingerprint density at radius 1 is 0.368 bits per heavy atom. The summed E-state index contributed by atoms with van der Waals surface area (Å²) in [6.07, 6.45) is 0. The molecule has 0 radical (unpaired) electrons. The van der Waals surface area contributed by atoms with E-state index in [4.69, 9.17) is 33.8 Å². The van der Waals surface area contributed by atoms with Gasteiger partial charge in [-0.15, -0.1) is 11.3 Å². The highest BCUT2D eigenvalue weighted by Crippen LogP contribution is 2.42. The Hall–Kier alpha value is -7.55. The maximum Gasteiger partial charge on any atom is 0.180 e. The average molecular weight is 750 g/mol. The first kappa shape index (κ1) is 31.8. The fourth-order valence-electron chi connectivity index (χ4n) is 7.88. The molecule has 12 aromatic rings. The van der Waals surface area contributed by atoms with E-state index in [0.717, 1.165) is 65.5 Å². The lowest BCUT2D eigenvalue weighted by molar-refractivity contribution is 0.666. The van der Waals surface area contributed by atoms with Gasteiger partial charge in [-0.3, -0.25) is 0 Å². The highest BCUT2D eigenvalue weighted by Gasteiger charge is 2.22. The number of furan rings is 2. The molecule has 5 heterocycles. The van der Waals surface area contributed by atoms with Gasteiger partial charge in [0.2, 0.25) is 0 Å². The zero-order valence-electron chi connectivity index (χ0n) is 30.0. The third-order valence-corrected chi connectivity index (χ3v) is 11.8. The summed E-state index contributed by atoms with van der Waals surface area (Å²) in [6, 6.07) is 55.3. The second-order valence-corrected chi connectivity index (χ2v) is 15.0. The van der Waals surface area contributed by atoms with Gasteiger partial charge in [-0.1, -0.05) is 121 Å². The van der Waals surface area contributed by atoms with Crippen LogP contribution in [0.25, 0.3) is 121 Å². The molecule has 266 valence electrons. The molecule has 0 amide bonds. The van der Waals surface area contributed by atoms with Gasteiger partial charge in [0.25, 0.3) is 0 Å². The van der Waals surface area contributed by atoms with Crippen molar-refractivity contribution in [1.29, 1.82) is 0 Å². The minimum absolute atomic E-state index is 0.558. The van der Waals surface area contributed by atoms with E-state index in [1.54, 1.807) is 11.3 Å². The first-order valence-corrected chi connectivity index (χ1v) is 19.5. The number of hydrogen-bond donors (Lipinski definition) is 0. The molecule has 0 saturated heterocycles. The van der Waals surface area contributed by atoms with E-state index in [1.165, 1.54) is 15.5 Å². The first-order chi connectivity index (χ1) is 28.2. The van der Waals surface area contributed by atoms with E-state index < -0.39 is 0 Å². The molecule has 0 spiro atoms. The molecule has 0 aliphatic carbocycles. The molecule has 12 rings (SSSR count). The molecule has 5 aromatic heterocycles. The summed E-state index contributed by atoms with van der Waals surface area (Å²) in [4.78, 5) is 25.5. The van der Waals surface area contributed by atoms with E-state index in [-0.39, 0.29) is 0 Å². The molecule has 0 atom stereocenters. The smallest absolute Gasteiger partial charge is 0.180 e. The lowest BCUT2D eigenvalue weighted by Crippen LogP contribution is -2.00. The highest BCUT2D eigenvalue weighted by atomic mass is 32.1. The van der Waals surface area contributed by atoms with Gasteiger partial charge in [-0.25, -0.2) is 24.9 Å². The van der Waals surface area contributed by atoms with Crippen LogP contribution in [0.1, 0.15) is 0 Å². The van der Waals surface area contributed by atoms with Crippen LogP contribution in [-0.4, -0.2) is 24.9 Å². The Morgan fingerprint density at radius 3 is 1.84 bits per heavy atom. The molecule has 0 fully saturated rings. The van der Waals surface area contributed by atoms with Crippen LogP contribution < -0.4 is 0 Å². The summed E-state index contributed by atoms with van der Waals surface area (Å²) < 4.78 is 15.5. The summed E-state index contributed by atoms with van der Waals surface area (Å²) in [5.74, 6) is 2.35. The van der Waals surface area contributed by atoms with Gasteiger partial charge in [0.1, 0.15) is 28.0 Å². The van der Waals surface area contributed by atoms with Crippen molar-refractivity contribution in [2.24, 2.45) is 0 Å².